The van der Waals surface area contributed by atoms with Crippen molar-refractivity contribution in [1.29, 1.82) is 0 Å². The molecule has 0 radical (unpaired) electrons. The van der Waals surface area contributed by atoms with Gasteiger partial charge in [0.15, 0.2) is 0 Å². The quantitative estimate of drug-likeness (QED) is 0.590. The highest BCUT2D eigenvalue weighted by Gasteiger charge is 2.29. The van der Waals surface area contributed by atoms with Gasteiger partial charge in [-0.05, 0) is 24.3 Å². The zero-order chi connectivity index (χ0) is 15.2. The molecule has 116 valence electrons. The summed E-state index contributed by atoms with van der Waals surface area (Å²) in [5.74, 6) is -0.568. The molecule has 1 aromatic carbocycles. The van der Waals surface area contributed by atoms with E-state index >= 15 is 0 Å². The zero-order valence-corrected chi connectivity index (χ0v) is 12.3. The summed E-state index contributed by atoms with van der Waals surface area (Å²) in [4.78, 5) is 12.0. The molecule has 6 nitrogen and oxygen atoms in total. The molecular weight excluding hydrogens is 292 g/mol. The van der Waals surface area contributed by atoms with Crippen molar-refractivity contribution >= 4 is 17.2 Å². The molecule has 3 unspecified atom stereocenters. The Bertz CT molecular complexity index is 493. The van der Waals surface area contributed by atoms with Gasteiger partial charge in [-0.25, -0.2) is 4.72 Å². The van der Waals surface area contributed by atoms with E-state index in [9.17, 15) is 18.7 Å². The Labute approximate surface area is 126 Å². The number of aliphatic hydroxyl groups is 1. The highest BCUT2D eigenvalue weighted by atomic mass is 32.2. The Morgan fingerprint density at radius 1 is 1.38 bits per heavy atom. The molecule has 0 aliphatic heterocycles. The van der Waals surface area contributed by atoms with Gasteiger partial charge in [0.05, 0.1) is 0 Å². The Kier molecular flexibility index (Phi) is 5.86. The van der Waals surface area contributed by atoms with Crippen LogP contribution in [0.5, 0.6) is 0 Å². The van der Waals surface area contributed by atoms with Crippen molar-refractivity contribution in [2.45, 2.75) is 24.9 Å². The minimum absolute atomic E-state index is 0.0296. The number of benzene rings is 1. The van der Waals surface area contributed by atoms with E-state index in [2.05, 4.69) is 10.0 Å². The summed E-state index contributed by atoms with van der Waals surface area (Å²) >= 11 is -2.43. The molecule has 0 aromatic heterocycles. The summed E-state index contributed by atoms with van der Waals surface area (Å²) < 4.78 is 23.5. The second-order valence-electron chi connectivity index (χ2n) is 5.23. The van der Waals surface area contributed by atoms with E-state index in [1.165, 1.54) is 0 Å². The van der Waals surface area contributed by atoms with Gasteiger partial charge in [-0.3, -0.25) is 9.00 Å². The normalized spacial score (nSPS) is 18.8. The van der Waals surface area contributed by atoms with Gasteiger partial charge in [0.2, 0.25) is 5.91 Å². The number of hydrogen-bond donors (Lipinski definition) is 3. The molecule has 0 heterocycles. The van der Waals surface area contributed by atoms with Crippen LogP contribution < -0.4 is 10.0 Å². The Balaban J connectivity index is 2.01. The van der Waals surface area contributed by atoms with E-state index in [1.807, 2.05) is 6.07 Å². The van der Waals surface area contributed by atoms with Crippen molar-refractivity contribution < 1.29 is 18.7 Å². The third-order valence-corrected chi connectivity index (χ3v) is 3.96. The van der Waals surface area contributed by atoms with Crippen LogP contribution in [-0.2, 0) is 16.1 Å². The maximum absolute atomic E-state index is 12.0. The third-order valence-electron chi connectivity index (χ3n) is 3.56. The van der Waals surface area contributed by atoms with Crippen LogP contribution in [0.4, 0.5) is 0 Å². The summed E-state index contributed by atoms with van der Waals surface area (Å²) in [5.41, 5.74) is 0.713. The Morgan fingerprint density at radius 2 is 2.05 bits per heavy atom. The van der Waals surface area contributed by atoms with Gasteiger partial charge in [0.1, 0.15) is 6.10 Å². The van der Waals surface area contributed by atoms with Crippen LogP contribution in [0.1, 0.15) is 24.3 Å². The van der Waals surface area contributed by atoms with E-state index in [-0.39, 0.29) is 6.54 Å². The van der Waals surface area contributed by atoms with Crippen molar-refractivity contribution in [1.82, 2.24) is 10.0 Å². The van der Waals surface area contributed by atoms with Crippen molar-refractivity contribution in [3.63, 3.8) is 0 Å². The number of carbonyl (C=O) groups is 1. The Morgan fingerprint density at radius 3 is 2.62 bits per heavy atom. The van der Waals surface area contributed by atoms with Gasteiger partial charge < -0.3 is 15.0 Å². The first-order valence-electron chi connectivity index (χ1n) is 6.91. The third kappa shape index (κ3) is 5.20. The van der Waals surface area contributed by atoms with E-state index in [4.69, 9.17) is 0 Å². The maximum atomic E-state index is 12.0. The molecule has 7 heteroatoms. The molecular formula is C14H19N2O4S-. The zero-order valence-electron chi connectivity index (χ0n) is 11.5. The fraction of sp³-hybridized carbons (Fsp3) is 0.500. The van der Waals surface area contributed by atoms with Crippen molar-refractivity contribution in [3.8, 4) is 0 Å². The fourth-order valence-electron chi connectivity index (χ4n) is 2.12. The Hall–Kier alpha value is -1.28. The van der Waals surface area contributed by atoms with Crippen molar-refractivity contribution in [2.75, 3.05) is 13.1 Å². The smallest absolute Gasteiger partial charge is 0.249 e. The molecule has 0 saturated heterocycles. The molecule has 1 aliphatic rings. The van der Waals surface area contributed by atoms with Crippen LogP contribution in [0.2, 0.25) is 0 Å². The van der Waals surface area contributed by atoms with Gasteiger partial charge in [-0.2, -0.15) is 0 Å². The van der Waals surface area contributed by atoms with Gasteiger partial charge >= 0.3 is 0 Å². The highest BCUT2D eigenvalue weighted by Crippen LogP contribution is 2.27. The summed E-state index contributed by atoms with van der Waals surface area (Å²) in [6, 6.07) is 8.91. The lowest BCUT2D eigenvalue weighted by molar-refractivity contribution is -0.130. The van der Waals surface area contributed by atoms with E-state index in [1.54, 1.807) is 24.3 Å². The molecule has 3 N–H and O–H groups in total. The predicted octanol–water partition coefficient (Wildman–Crippen LogP) is 0.0410. The predicted molar refractivity (Wildman–Crippen MR) is 77.8 cm³/mol. The van der Waals surface area contributed by atoms with Crippen LogP contribution in [0, 0.1) is 5.92 Å². The SMILES string of the molecule is O=C(NCC1CC1)C(O)C(CNS(=O)[O-])c1ccccc1. The van der Waals surface area contributed by atoms with Crippen LogP contribution >= 0.6 is 0 Å². The number of hydrogen-bond acceptors (Lipinski definition) is 4. The molecule has 1 aliphatic carbocycles. The van der Waals surface area contributed by atoms with E-state index in [0.717, 1.165) is 12.8 Å². The molecule has 0 bridgehead atoms. The summed E-state index contributed by atoms with van der Waals surface area (Å²) in [6.07, 6.45) is 0.923. The first-order valence-corrected chi connectivity index (χ1v) is 7.99. The summed E-state index contributed by atoms with van der Waals surface area (Å²) in [6.45, 7) is 0.538. The number of nitrogens with one attached hydrogen (secondary N) is 2. The molecule has 1 saturated carbocycles. The minimum Gasteiger partial charge on any atom is -0.760 e. The second kappa shape index (κ2) is 7.65. The van der Waals surface area contributed by atoms with Crippen molar-refractivity contribution in [2.24, 2.45) is 5.92 Å². The second-order valence-corrected chi connectivity index (χ2v) is 5.99. The molecule has 0 spiro atoms. The first kappa shape index (κ1) is 16.1. The van der Waals surface area contributed by atoms with E-state index in [0.29, 0.717) is 18.0 Å². The average Bonchev–Trinajstić information content (AvgIpc) is 3.29. The topological polar surface area (TPSA) is 101 Å². The number of carbonyl (C=O) groups excluding carboxylic acids is 1. The molecule has 1 fully saturated rings. The number of amides is 1. The first-order chi connectivity index (χ1) is 10.1. The molecule has 1 aromatic rings. The largest absolute Gasteiger partial charge is 0.760 e. The molecule has 2 rings (SSSR count). The standard InChI is InChI=1S/C14H20N2O4S/c17-13(14(18)15-8-10-6-7-10)12(9-16-21(19)20)11-4-2-1-3-5-11/h1-5,10,12-13,16-17H,6-9H2,(H,15,18)(H,19,20)/p-1. The summed E-state index contributed by atoms with van der Waals surface area (Å²) in [5, 5.41) is 12.9. The molecule has 1 amide bonds. The summed E-state index contributed by atoms with van der Waals surface area (Å²) in [7, 11) is 0. The molecule has 21 heavy (non-hydrogen) atoms. The highest BCUT2D eigenvalue weighted by molar-refractivity contribution is 7.77. The minimum atomic E-state index is -2.43. The molecule has 3 atom stereocenters. The van der Waals surface area contributed by atoms with Gasteiger partial charge in [0.25, 0.3) is 0 Å². The van der Waals surface area contributed by atoms with E-state index < -0.39 is 29.2 Å². The van der Waals surface area contributed by atoms with Gasteiger partial charge in [-0.1, -0.05) is 30.3 Å². The van der Waals surface area contributed by atoms with Crippen LogP contribution in [0.3, 0.4) is 0 Å². The maximum Gasteiger partial charge on any atom is 0.249 e. The average molecular weight is 311 g/mol. The lowest BCUT2D eigenvalue weighted by Crippen LogP contribution is -2.42. The lowest BCUT2D eigenvalue weighted by atomic mass is 9.93. The van der Waals surface area contributed by atoms with Gasteiger partial charge in [0, 0.05) is 30.3 Å². The monoisotopic (exact) mass is 311 g/mol. The van der Waals surface area contributed by atoms with Crippen LogP contribution in [0.15, 0.2) is 30.3 Å². The number of aliphatic hydroxyl groups excluding tert-OH is 1. The van der Waals surface area contributed by atoms with Crippen LogP contribution in [-0.4, -0.2) is 39.0 Å². The number of rotatable bonds is 8. The van der Waals surface area contributed by atoms with Crippen LogP contribution in [0.25, 0.3) is 0 Å². The lowest BCUT2D eigenvalue weighted by Gasteiger charge is -2.23. The van der Waals surface area contributed by atoms with Crippen molar-refractivity contribution in [3.05, 3.63) is 35.9 Å². The fourth-order valence-corrected chi connectivity index (χ4v) is 2.44. The van der Waals surface area contributed by atoms with Gasteiger partial charge in [-0.15, -0.1) is 0 Å².